The van der Waals surface area contributed by atoms with Gasteiger partial charge in [0, 0.05) is 12.1 Å². The quantitative estimate of drug-likeness (QED) is 0.420. The first-order chi connectivity index (χ1) is 8.70. The first-order valence-electron chi connectivity index (χ1n) is 5.37. The molecule has 6 nitrogen and oxygen atoms in total. The van der Waals surface area contributed by atoms with Crippen molar-refractivity contribution in [2.75, 3.05) is 6.54 Å². The van der Waals surface area contributed by atoms with Gasteiger partial charge in [0.25, 0.3) is 0 Å². The van der Waals surface area contributed by atoms with Crippen LogP contribution in [0.1, 0.15) is 5.89 Å². The molecule has 0 aliphatic rings. The number of aromatic nitrogens is 2. The number of rotatable bonds is 5. The standard InChI is InChI=1S/C12H13N3O3/c1-2-5-13-7-11-14-12(15-18-11)8-3-4-9(16)10(17)6-8/h2-4,6,13,16-17H,1,5,7H2. The Morgan fingerprint density at radius 3 is 2.89 bits per heavy atom. The van der Waals surface area contributed by atoms with Crippen molar-refractivity contribution in [1.29, 1.82) is 0 Å². The van der Waals surface area contributed by atoms with E-state index in [1.165, 1.54) is 12.1 Å². The van der Waals surface area contributed by atoms with Gasteiger partial charge in [0.1, 0.15) is 0 Å². The van der Waals surface area contributed by atoms with Gasteiger partial charge < -0.3 is 20.1 Å². The van der Waals surface area contributed by atoms with E-state index in [1.54, 1.807) is 12.1 Å². The maximum Gasteiger partial charge on any atom is 0.240 e. The fourth-order valence-corrected chi connectivity index (χ4v) is 1.39. The van der Waals surface area contributed by atoms with Crippen LogP contribution in [-0.2, 0) is 6.54 Å². The van der Waals surface area contributed by atoms with Crippen molar-refractivity contribution in [1.82, 2.24) is 15.5 Å². The largest absolute Gasteiger partial charge is 0.504 e. The molecule has 0 saturated carbocycles. The van der Waals surface area contributed by atoms with E-state index in [9.17, 15) is 10.2 Å². The minimum Gasteiger partial charge on any atom is -0.504 e. The zero-order valence-corrected chi connectivity index (χ0v) is 9.63. The van der Waals surface area contributed by atoms with E-state index in [-0.39, 0.29) is 11.5 Å². The fourth-order valence-electron chi connectivity index (χ4n) is 1.39. The Morgan fingerprint density at radius 2 is 2.17 bits per heavy atom. The van der Waals surface area contributed by atoms with Gasteiger partial charge in [-0.2, -0.15) is 4.98 Å². The van der Waals surface area contributed by atoms with Crippen LogP contribution in [0.3, 0.4) is 0 Å². The lowest BCUT2D eigenvalue weighted by atomic mass is 10.2. The summed E-state index contributed by atoms with van der Waals surface area (Å²) >= 11 is 0. The van der Waals surface area contributed by atoms with Crippen molar-refractivity contribution in [2.24, 2.45) is 0 Å². The summed E-state index contributed by atoms with van der Waals surface area (Å²) in [6.45, 7) is 4.68. The van der Waals surface area contributed by atoms with Crippen molar-refractivity contribution in [2.45, 2.75) is 6.54 Å². The molecule has 3 N–H and O–H groups in total. The molecule has 1 aromatic heterocycles. The highest BCUT2D eigenvalue weighted by Crippen LogP contribution is 2.28. The zero-order chi connectivity index (χ0) is 13.0. The average molecular weight is 247 g/mol. The van der Waals surface area contributed by atoms with Crippen LogP contribution in [0, 0.1) is 0 Å². The topological polar surface area (TPSA) is 91.4 Å². The molecule has 6 heteroatoms. The SMILES string of the molecule is C=CCNCc1nc(-c2ccc(O)c(O)c2)no1. The van der Waals surface area contributed by atoms with Crippen LogP contribution in [-0.4, -0.2) is 26.9 Å². The lowest BCUT2D eigenvalue weighted by Gasteiger charge is -1.98. The first kappa shape index (κ1) is 12.1. The molecule has 1 aromatic carbocycles. The van der Waals surface area contributed by atoms with Gasteiger partial charge >= 0.3 is 0 Å². The minimum atomic E-state index is -0.219. The Bertz CT molecular complexity index is 551. The Kier molecular flexibility index (Phi) is 3.59. The molecule has 0 aliphatic heterocycles. The van der Waals surface area contributed by atoms with E-state index in [1.807, 2.05) is 0 Å². The molecule has 2 aromatic rings. The lowest BCUT2D eigenvalue weighted by Crippen LogP contribution is -2.12. The highest BCUT2D eigenvalue weighted by atomic mass is 16.5. The van der Waals surface area contributed by atoms with Crippen LogP contribution in [0.4, 0.5) is 0 Å². The molecular weight excluding hydrogens is 234 g/mol. The average Bonchev–Trinajstić information content (AvgIpc) is 2.82. The molecule has 0 atom stereocenters. The monoisotopic (exact) mass is 247 g/mol. The van der Waals surface area contributed by atoms with Gasteiger partial charge in [-0.1, -0.05) is 11.2 Å². The minimum absolute atomic E-state index is 0.185. The van der Waals surface area contributed by atoms with E-state index >= 15 is 0 Å². The number of hydrogen-bond donors (Lipinski definition) is 3. The van der Waals surface area contributed by atoms with Gasteiger partial charge in [0.15, 0.2) is 11.5 Å². The van der Waals surface area contributed by atoms with E-state index < -0.39 is 0 Å². The normalized spacial score (nSPS) is 10.4. The first-order valence-corrected chi connectivity index (χ1v) is 5.37. The lowest BCUT2D eigenvalue weighted by molar-refractivity contribution is 0.370. The number of phenols is 2. The van der Waals surface area contributed by atoms with Gasteiger partial charge in [0.2, 0.25) is 11.7 Å². The molecule has 18 heavy (non-hydrogen) atoms. The number of aromatic hydroxyl groups is 2. The number of nitrogens with one attached hydrogen (secondary N) is 1. The second-order valence-corrected chi connectivity index (χ2v) is 3.63. The van der Waals surface area contributed by atoms with Gasteiger partial charge in [-0.3, -0.25) is 0 Å². The van der Waals surface area contributed by atoms with Crippen molar-refractivity contribution in [3.05, 3.63) is 36.7 Å². The van der Waals surface area contributed by atoms with Crippen LogP contribution in [0.2, 0.25) is 0 Å². The second kappa shape index (κ2) is 5.33. The third-order valence-corrected chi connectivity index (χ3v) is 2.27. The van der Waals surface area contributed by atoms with Crippen molar-refractivity contribution >= 4 is 0 Å². The summed E-state index contributed by atoms with van der Waals surface area (Å²) in [4.78, 5) is 4.16. The van der Waals surface area contributed by atoms with E-state index in [2.05, 4.69) is 22.0 Å². The molecule has 0 radical (unpaired) electrons. The molecule has 0 amide bonds. The Morgan fingerprint density at radius 1 is 1.33 bits per heavy atom. The Labute approximate surface area is 104 Å². The zero-order valence-electron chi connectivity index (χ0n) is 9.63. The molecular formula is C12H13N3O3. The van der Waals surface area contributed by atoms with Gasteiger partial charge in [-0.25, -0.2) is 0 Å². The third-order valence-electron chi connectivity index (χ3n) is 2.27. The van der Waals surface area contributed by atoms with Crippen molar-refractivity contribution in [3.63, 3.8) is 0 Å². The number of nitrogens with zero attached hydrogens (tertiary/aromatic N) is 2. The molecule has 0 fully saturated rings. The maximum atomic E-state index is 9.38. The summed E-state index contributed by atoms with van der Waals surface area (Å²) in [7, 11) is 0. The van der Waals surface area contributed by atoms with Gasteiger partial charge in [-0.15, -0.1) is 6.58 Å². The summed E-state index contributed by atoms with van der Waals surface area (Å²) in [5, 5.41) is 25.4. The molecule has 0 unspecified atom stereocenters. The molecule has 0 saturated heterocycles. The van der Waals surface area contributed by atoms with Gasteiger partial charge in [0.05, 0.1) is 6.54 Å². The molecule has 2 rings (SSSR count). The summed E-state index contributed by atoms with van der Waals surface area (Å²) in [5.41, 5.74) is 0.573. The van der Waals surface area contributed by atoms with Crippen LogP contribution in [0.25, 0.3) is 11.4 Å². The summed E-state index contributed by atoms with van der Waals surface area (Å²) in [5.74, 6) is 0.402. The van der Waals surface area contributed by atoms with E-state index in [0.717, 1.165) is 0 Å². The molecule has 0 spiro atoms. The number of benzene rings is 1. The number of hydrogen-bond acceptors (Lipinski definition) is 6. The third kappa shape index (κ3) is 2.67. The summed E-state index contributed by atoms with van der Waals surface area (Å²) in [6, 6.07) is 4.35. The van der Waals surface area contributed by atoms with E-state index in [0.29, 0.717) is 30.4 Å². The highest BCUT2D eigenvalue weighted by molar-refractivity contribution is 5.59. The molecule has 1 heterocycles. The van der Waals surface area contributed by atoms with Crippen LogP contribution in [0.15, 0.2) is 35.4 Å². The fraction of sp³-hybridized carbons (Fsp3) is 0.167. The summed E-state index contributed by atoms with van der Waals surface area (Å²) in [6.07, 6.45) is 1.73. The molecule has 0 aliphatic carbocycles. The Hall–Kier alpha value is -2.34. The van der Waals surface area contributed by atoms with Crippen LogP contribution in [0.5, 0.6) is 11.5 Å². The maximum absolute atomic E-state index is 9.38. The van der Waals surface area contributed by atoms with Crippen molar-refractivity contribution in [3.8, 4) is 22.9 Å². The Balaban J connectivity index is 2.13. The number of phenolic OH excluding ortho intramolecular Hbond substituents is 2. The van der Waals surface area contributed by atoms with E-state index in [4.69, 9.17) is 4.52 Å². The van der Waals surface area contributed by atoms with Crippen molar-refractivity contribution < 1.29 is 14.7 Å². The molecule has 94 valence electrons. The molecule has 0 bridgehead atoms. The smallest absolute Gasteiger partial charge is 0.240 e. The summed E-state index contributed by atoms with van der Waals surface area (Å²) < 4.78 is 5.03. The van der Waals surface area contributed by atoms with Crippen LogP contribution >= 0.6 is 0 Å². The van der Waals surface area contributed by atoms with Gasteiger partial charge in [-0.05, 0) is 18.2 Å². The highest BCUT2D eigenvalue weighted by Gasteiger charge is 2.10. The predicted molar refractivity (Wildman–Crippen MR) is 65.0 cm³/mol. The predicted octanol–water partition coefficient (Wildman–Crippen LogP) is 1.42. The second-order valence-electron chi connectivity index (χ2n) is 3.63. The van der Waals surface area contributed by atoms with Crippen LogP contribution < -0.4 is 5.32 Å².